The fraction of sp³-hybridized carbons (Fsp3) is 0.290. The van der Waals surface area contributed by atoms with Crippen molar-refractivity contribution in [1.82, 2.24) is 30.1 Å². The minimum atomic E-state index is -0.0605. The molecule has 194 valence electrons. The Bertz CT molecular complexity index is 1560. The van der Waals surface area contributed by atoms with E-state index in [1.165, 1.54) is 16.7 Å². The number of aromatic amines is 1. The molecule has 5 aromatic rings. The van der Waals surface area contributed by atoms with Crippen LogP contribution in [0.15, 0.2) is 83.7 Å². The Balaban J connectivity index is 1.48. The van der Waals surface area contributed by atoms with E-state index < -0.39 is 0 Å². The highest BCUT2D eigenvalue weighted by Crippen LogP contribution is 2.27. The standard InChI is InChI=1S/C31H34N6O/c1-4-28(30-33-34-35-37(30)18-17-24-10-6-5-7-11-24)36(20-25-15-13-22(2)14-16-25)21-27-19-26-12-8-9-23(3)29(26)32-31(27)38/h5-16,19,28H,4,17-18,20-21H2,1-3H3,(H,32,38)/t28-/m1/s1. The molecule has 3 aromatic carbocycles. The molecule has 0 spiro atoms. The Labute approximate surface area is 223 Å². The number of pyridine rings is 1. The maximum Gasteiger partial charge on any atom is 0.252 e. The summed E-state index contributed by atoms with van der Waals surface area (Å²) in [5.41, 5.74) is 6.28. The zero-order valence-corrected chi connectivity index (χ0v) is 22.3. The second-order valence-electron chi connectivity index (χ2n) is 9.97. The molecular weight excluding hydrogens is 472 g/mol. The van der Waals surface area contributed by atoms with Crippen LogP contribution in [0.4, 0.5) is 0 Å². The minimum absolute atomic E-state index is 0.0563. The van der Waals surface area contributed by atoms with Crippen LogP contribution in [-0.2, 0) is 26.1 Å². The first-order valence-corrected chi connectivity index (χ1v) is 13.2. The van der Waals surface area contributed by atoms with Crippen molar-refractivity contribution in [1.29, 1.82) is 0 Å². The Morgan fingerprint density at radius 2 is 1.71 bits per heavy atom. The zero-order chi connectivity index (χ0) is 26.5. The lowest BCUT2D eigenvalue weighted by Crippen LogP contribution is -2.32. The fourth-order valence-electron chi connectivity index (χ4n) is 5.06. The third-order valence-electron chi connectivity index (χ3n) is 7.18. The molecule has 0 saturated carbocycles. The number of benzene rings is 3. The van der Waals surface area contributed by atoms with E-state index >= 15 is 0 Å². The Hall–Kier alpha value is -4.10. The van der Waals surface area contributed by atoms with Gasteiger partial charge in [-0.1, -0.05) is 85.3 Å². The third-order valence-corrected chi connectivity index (χ3v) is 7.18. The number of fused-ring (bicyclic) bond motifs is 1. The largest absolute Gasteiger partial charge is 0.321 e. The van der Waals surface area contributed by atoms with Crippen molar-refractivity contribution in [3.63, 3.8) is 0 Å². The summed E-state index contributed by atoms with van der Waals surface area (Å²) in [6.07, 6.45) is 1.65. The molecule has 7 heteroatoms. The number of tetrazole rings is 1. The maximum atomic E-state index is 13.2. The number of aryl methyl sites for hydroxylation is 4. The van der Waals surface area contributed by atoms with Gasteiger partial charge in [0.1, 0.15) is 0 Å². The Kier molecular flexibility index (Phi) is 7.75. The predicted molar refractivity (Wildman–Crippen MR) is 151 cm³/mol. The van der Waals surface area contributed by atoms with Crippen molar-refractivity contribution in [2.24, 2.45) is 0 Å². The molecule has 0 bridgehead atoms. The van der Waals surface area contributed by atoms with Crippen LogP contribution in [0, 0.1) is 13.8 Å². The number of rotatable bonds is 10. The molecule has 5 rings (SSSR count). The normalized spacial score (nSPS) is 12.3. The SMILES string of the molecule is CC[C@H](c1nnnn1CCc1ccccc1)N(Cc1ccc(C)cc1)Cc1cc2cccc(C)c2[nH]c1=O. The Morgan fingerprint density at radius 3 is 2.47 bits per heavy atom. The number of para-hydroxylation sites is 1. The van der Waals surface area contributed by atoms with E-state index in [0.717, 1.165) is 40.7 Å². The summed E-state index contributed by atoms with van der Waals surface area (Å²) in [4.78, 5) is 18.7. The molecule has 2 aromatic heterocycles. The minimum Gasteiger partial charge on any atom is -0.321 e. The van der Waals surface area contributed by atoms with E-state index in [2.05, 4.69) is 87.8 Å². The van der Waals surface area contributed by atoms with Gasteiger partial charge in [-0.05, 0) is 65.3 Å². The highest BCUT2D eigenvalue weighted by molar-refractivity contribution is 5.81. The number of nitrogens with one attached hydrogen (secondary N) is 1. The lowest BCUT2D eigenvalue weighted by Gasteiger charge is -2.30. The lowest BCUT2D eigenvalue weighted by molar-refractivity contribution is 0.160. The van der Waals surface area contributed by atoms with Gasteiger partial charge in [0.2, 0.25) is 0 Å². The van der Waals surface area contributed by atoms with Crippen LogP contribution in [0.25, 0.3) is 10.9 Å². The fourth-order valence-corrected chi connectivity index (χ4v) is 5.06. The topological polar surface area (TPSA) is 79.7 Å². The van der Waals surface area contributed by atoms with Crippen molar-refractivity contribution in [3.05, 3.63) is 123 Å². The summed E-state index contributed by atoms with van der Waals surface area (Å²) in [5.74, 6) is 0.823. The van der Waals surface area contributed by atoms with Gasteiger partial charge in [-0.15, -0.1) is 5.10 Å². The maximum absolute atomic E-state index is 13.2. The van der Waals surface area contributed by atoms with Gasteiger partial charge in [0.25, 0.3) is 5.56 Å². The van der Waals surface area contributed by atoms with Crippen LogP contribution < -0.4 is 5.56 Å². The number of hydrogen-bond acceptors (Lipinski definition) is 5. The quantitative estimate of drug-likeness (QED) is 0.270. The molecular formula is C31H34N6O. The van der Waals surface area contributed by atoms with Gasteiger partial charge in [-0.25, -0.2) is 4.68 Å². The molecule has 0 aliphatic heterocycles. The molecule has 0 amide bonds. The van der Waals surface area contributed by atoms with Gasteiger partial charge in [0, 0.05) is 25.2 Å². The summed E-state index contributed by atoms with van der Waals surface area (Å²) in [6.45, 7) is 8.11. The Morgan fingerprint density at radius 1 is 0.921 bits per heavy atom. The highest BCUT2D eigenvalue weighted by Gasteiger charge is 2.26. The molecule has 0 unspecified atom stereocenters. The van der Waals surface area contributed by atoms with E-state index in [1.54, 1.807) is 0 Å². The molecule has 0 radical (unpaired) electrons. The summed E-state index contributed by atoms with van der Waals surface area (Å²) in [5, 5.41) is 13.9. The van der Waals surface area contributed by atoms with Gasteiger partial charge in [0.05, 0.1) is 11.6 Å². The van der Waals surface area contributed by atoms with Crippen LogP contribution in [-0.4, -0.2) is 30.1 Å². The number of nitrogens with zero attached hydrogens (tertiary/aromatic N) is 5. The zero-order valence-electron chi connectivity index (χ0n) is 22.3. The monoisotopic (exact) mass is 506 g/mol. The van der Waals surface area contributed by atoms with Crippen LogP contribution in [0.1, 0.15) is 53.0 Å². The van der Waals surface area contributed by atoms with Gasteiger partial charge in [0.15, 0.2) is 5.82 Å². The summed E-state index contributed by atoms with van der Waals surface area (Å²) in [7, 11) is 0. The van der Waals surface area contributed by atoms with E-state index in [-0.39, 0.29) is 11.6 Å². The molecule has 1 N–H and O–H groups in total. The van der Waals surface area contributed by atoms with Gasteiger partial charge >= 0.3 is 0 Å². The number of aromatic nitrogens is 5. The highest BCUT2D eigenvalue weighted by atomic mass is 16.1. The van der Waals surface area contributed by atoms with E-state index in [4.69, 9.17) is 0 Å². The first kappa shape index (κ1) is 25.5. The van der Waals surface area contributed by atoms with E-state index in [0.29, 0.717) is 19.6 Å². The average Bonchev–Trinajstić information content (AvgIpc) is 3.39. The lowest BCUT2D eigenvalue weighted by atomic mass is 10.1. The van der Waals surface area contributed by atoms with Crippen LogP contribution in [0.3, 0.4) is 0 Å². The van der Waals surface area contributed by atoms with Crippen molar-refractivity contribution >= 4 is 10.9 Å². The molecule has 7 nitrogen and oxygen atoms in total. The van der Waals surface area contributed by atoms with Crippen molar-refractivity contribution in [2.75, 3.05) is 0 Å². The first-order valence-electron chi connectivity index (χ1n) is 13.2. The predicted octanol–water partition coefficient (Wildman–Crippen LogP) is 5.53. The molecule has 0 saturated heterocycles. The van der Waals surface area contributed by atoms with Crippen LogP contribution >= 0.6 is 0 Å². The van der Waals surface area contributed by atoms with Gasteiger partial charge in [-0.3, -0.25) is 9.69 Å². The van der Waals surface area contributed by atoms with Crippen molar-refractivity contribution in [2.45, 2.75) is 59.3 Å². The third kappa shape index (κ3) is 5.73. The molecule has 0 aliphatic rings. The van der Waals surface area contributed by atoms with Crippen molar-refractivity contribution in [3.8, 4) is 0 Å². The molecule has 38 heavy (non-hydrogen) atoms. The molecule has 2 heterocycles. The van der Waals surface area contributed by atoms with Crippen LogP contribution in [0.5, 0.6) is 0 Å². The molecule has 1 atom stereocenters. The van der Waals surface area contributed by atoms with Gasteiger partial charge < -0.3 is 4.98 Å². The van der Waals surface area contributed by atoms with Crippen LogP contribution in [0.2, 0.25) is 0 Å². The van der Waals surface area contributed by atoms with Gasteiger partial charge in [-0.2, -0.15) is 0 Å². The summed E-state index contributed by atoms with van der Waals surface area (Å²) < 4.78 is 1.91. The first-order chi connectivity index (χ1) is 18.5. The second kappa shape index (κ2) is 11.5. The van der Waals surface area contributed by atoms with E-state index in [9.17, 15) is 4.79 Å². The van der Waals surface area contributed by atoms with E-state index in [1.807, 2.05) is 41.9 Å². The molecule has 0 aliphatic carbocycles. The molecule has 0 fully saturated rings. The average molecular weight is 507 g/mol. The second-order valence-corrected chi connectivity index (χ2v) is 9.97. The van der Waals surface area contributed by atoms with Crippen molar-refractivity contribution < 1.29 is 0 Å². The number of H-pyrrole nitrogens is 1. The number of hydrogen-bond donors (Lipinski definition) is 1. The summed E-state index contributed by atoms with van der Waals surface area (Å²) in [6, 6.07) is 27.0. The smallest absolute Gasteiger partial charge is 0.252 e. The summed E-state index contributed by atoms with van der Waals surface area (Å²) >= 11 is 0.